The first-order chi connectivity index (χ1) is 15.0. The molecule has 3 aromatic rings. The lowest BCUT2D eigenvalue weighted by atomic mass is 10.2. The van der Waals surface area contributed by atoms with Crippen LogP contribution < -0.4 is 9.04 Å². The standard InChI is InChI=1S/C22H23N3O5S/c1-29-19-7-5-18(6-8-19)25(16-22(26)24-11-13-30-14-12-24)31(27,28)21-4-2-3-17-15-23-10-9-20(17)21/h2-10,15H,11-14,16H2,1H3. The third-order valence-corrected chi connectivity index (χ3v) is 7.04. The summed E-state index contributed by atoms with van der Waals surface area (Å²) in [5, 5.41) is 1.26. The summed E-state index contributed by atoms with van der Waals surface area (Å²) < 4.78 is 39.2. The van der Waals surface area contributed by atoms with E-state index in [-0.39, 0.29) is 17.3 Å². The largest absolute Gasteiger partial charge is 0.497 e. The number of pyridine rings is 1. The minimum absolute atomic E-state index is 0.123. The van der Waals surface area contributed by atoms with Gasteiger partial charge in [0.25, 0.3) is 10.0 Å². The van der Waals surface area contributed by atoms with Gasteiger partial charge in [-0.3, -0.25) is 14.1 Å². The highest BCUT2D eigenvalue weighted by Crippen LogP contribution is 2.30. The number of benzene rings is 2. The molecule has 0 atom stereocenters. The van der Waals surface area contributed by atoms with Crippen LogP contribution in [0.25, 0.3) is 10.8 Å². The molecule has 1 saturated heterocycles. The van der Waals surface area contributed by atoms with Gasteiger partial charge in [-0.15, -0.1) is 0 Å². The molecule has 2 aromatic carbocycles. The van der Waals surface area contributed by atoms with Gasteiger partial charge in [-0.2, -0.15) is 0 Å². The molecule has 0 spiro atoms. The lowest BCUT2D eigenvalue weighted by Gasteiger charge is -2.30. The molecule has 0 radical (unpaired) electrons. The minimum Gasteiger partial charge on any atom is -0.497 e. The van der Waals surface area contributed by atoms with E-state index in [1.165, 1.54) is 7.11 Å². The number of carbonyl (C=O) groups is 1. The fourth-order valence-corrected chi connectivity index (χ4v) is 5.17. The van der Waals surface area contributed by atoms with Crippen LogP contribution in [0, 0.1) is 0 Å². The van der Waals surface area contributed by atoms with Crippen LogP contribution in [-0.4, -0.2) is 64.2 Å². The number of methoxy groups -OCH3 is 1. The van der Waals surface area contributed by atoms with Crippen molar-refractivity contribution in [3.8, 4) is 5.75 Å². The Labute approximate surface area is 181 Å². The maximum Gasteiger partial charge on any atom is 0.265 e. The molecule has 0 unspecified atom stereocenters. The smallest absolute Gasteiger partial charge is 0.265 e. The Morgan fingerprint density at radius 3 is 2.58 bits per heavy atom. The number of ether oxygens (including phenoxy) is 2. The number of carbonyl (C=O) groups excluding carboxylic acids is 1. The molecule has 4 rings (SSSR count). The molecule has 1 aromatic heterocycles. The number of sulfonamides is 1. The number of morpholine rings is 1. The number of nitrogens with zero attached hydrogens (tertiary/aromatic N) is 3. The van der Waals surface area contributed by atoms with E-state index in [0.717, 1.165) is 4.31 Å². The van der Waals surface area contributed by atoms with Crippen LogP contribution in [0.3, 0.4) is 0 Å². The number of aromatic nitrogens is 1. The first-order valence-corrected chi connectivity index (χ1v) is 11.3. The van der Waals surface area contributed by atoms with Crippen LogP contribution in [-0.2, 0) is 19.6 Å². The normalized spacial score (nSPS) is 14.4. The van der Waals surface area contributed by atoms with Gasteiger partial charge in [0.2, 0.25) is 5.91 Å². The third-order valence-electron chi connectivity index (χ3n) is 5.21. The van der Waals surface area contributed by atoms with Crippen LogP contribution in [0.4, 0.5) is 5.69 Å². The summed E-state index contributed by atoms with van der Waals surface area (Å²) in [6.45, 7) is 1.45. The van der Waals surface area contributed by atoms with Crippen molar-refractivity contribution in [2.45, 2.75) is 4.90 Å². The third kappa shape index (κ3) is 4.33. The predicted molar refractivity (Wildman–Crippen MR) is 117 cm³/mol. The SMILES string of the molecule is COc1ccc(N(CC(=O)N2CCOCC2)S(=O)(=O)c2cccc3cnccc23)cc1. The van der Waals surface area contributed by atoms with Crippen molar-refractivity contribution in [3.05, 3.63) is 60.9 Å². The molecule has 2 heterocycles. The summed E-state index contributed by atoms with van der Waals surface area (Å²) in [5.74, 6) is 0.321. The number of hydrogen-bond acceptors (Lipinski definition) is 6. The number of fused-ring (bicyclic) bond motifs is 1. The summed E-state index contributed by atoms with van der Waals surface area (Å²) in [6, 6.07) is 13.3. The monoisotopic (exact) mass is 441 g/mol. The van der Waals surface area contributed by atoms with Crippen molar-refractivity contribution in [2.24, 2.45) is 0 Å². The molecule has 31 heavy (non-hydrogen) atoms. The van der Waals surface area contributed by atoms with Crippen LogP contribution in [0.5, 0.6) is 5.75 Å². The number of hydrogen-bond donors (Lipinski definition) is 0. The van der Waals surface area contributed by atoms with Crippen LogP contribution in [0.1, 0.15) is 0 Å². The second-order valence-corrected chi connectivity index (χ2v) is 8.89. The Morgan fingerprint density at radius 1 is 1.13 bits per heavy atom. The average molecular weight is 442 g/mol. The van der Waals surface area contributed by atoms with E-state index in [1.54, 1.807) is 65.8 Å². The highest BCUT2D eigenvalue weighted by Gasteiger charge is 2.30. The Kier molecular flexibility index (Phi) is 6.06. The van der Waals surface area contributed by atoms with Gasteiger partial charge >= 0.3 is 0 Å². The van der Waals surface area contributed by atoms with Crippen LogP contribution in [0.15, 0.2) is 65.8 Å². The topological polar surface area (TPSA) is 89.0 Å². The molecule has 1 fully saturated rings. The quantitative estimate of drug-likeness (QED) is 0.583. The van der Waals surface area contributed by atoms with Crippen molar-refractivity contribution in [1.82, 2.24) is 9.88 Å². The summed E-state index contributed by atoms with van der Waals surface area (Å²) in [7, 11) is -2.51. The van der Waals surface area contributed by atoms with E-state index in [9.17, 15) is 13.2 Å². The Balaban J connectivity index is 1.77. The highest BCUT2D eigenvalue weighted by atomic mass is 32.2. The van der Waals surface area contributed by atoms with Crippen LogP contribution in [0.2, 0.25) is 0 Å². The first kappa shape index (κ1) is 21.1. The Hall–Kier alpha value is -3.17. The lowest BCUT2D eigenvalue weighted by molar-refractivity contribution is -0.133. The first-order valence-electron chi connectivity index (χ1n) is 9.86. The summed E-state index contributed by atoms with van der Waals surface area (Å²) in [6.07, 6.45) is 3.17. The van der Waals surface area contributed by atoms with E-state index >= 15 is 0 Å². The minimum atomic E-state index is -4.05. The van der Waals surface area contributed by atoms with Crippen molar-refractivity contribution in [3.63, 3.8) is 0 Å². The summed E-state index contributed by atoms with van der Waals surface area (Å²) >= 11 is 0. The summed E-state index contributed by atoms with van der Waals surface area (Å²) in [5.41, 5.74) is 0.383. The fourth-order valence-electron chi connectivity index (χ4n) is 3.54. The van der Waals surface area contributed by atoms with E-state index in [1.807, 2.05) is 0 Å². The van der Waals surface area contributed by atoms with Gasteiger partial charge < -0.3 is 14.4 Å². The highest BCUT2D eigenvalue weighted by molar-refractivity contribution is 7.93. The van der Waals surface area contributed by atoms with Gasteiger partial charge in [0.15, 0.2) is 0 Å². The number of rotatable bonds is 6. The molecule has 1 aliphatic heterocycles. The van der Waals surface area contributed by atoms with Crippen molar-refractivity contribution >= 4 is 32.4 Å². The van der Waals surface area contributed by atoms with Gasteiger partial charge in [0.05, 0.1) is 30.9 Å². The van der Waals surface area contributed by atoms with Gasteiger partial charge in [0, 0.05) is 36.3 Å². The molecule has 0 aliphatic carbocycles. The second kappa shape index (κ2) is 8.91. The van der Waals surface area contributed by atoms with E-state index in [4.69, 9.17) is 9.47 Å². The van der Waals surface area contributed by atoms with Crippen LogP contribution >= 0.6 is 0 Å². The second-order valence-electron chi connectivity index (χ2n) is 7.06. The maximum absolute atomic E-state index is 13.8. The molecule has 0 bridgehead atoms. The van der Waals surface area contributed by atoms with Gasteiger partial charge in [0.1, 0.15) is 12.3 Å². The average Bonchev–Trinajstić information content (AvgIpc) is 2.82. The van der Waals surface area contributed by atoms with Crippen molar-refractivity contribution < 1.29 is 22.7 Å². The zero-order valence-electron chi connectivity index (χ0n) is 17.1. The Bertz CT molecular complexity index is 1170. The molecule has 9 heteroatoms. The lowest BCUT2D eigenvalue weighted by Crippen LogP contribution is -2.47. The molecular weight excluding hydrogens is 418 g/mol. The number of amides is 1. The molecule has 0 saturated carbocycles. The number of anilines is 1. The van der Waals surface area contributed by atoms with Crippen molar-refractivity contribution in [1.29, 1.82) is 0 Å². The van der Waals surface area contributed by atoms with Gasteiger partial charge in [-0.25, -0.2) is 8.42 Å². The fraction of sp³-hybridized carbons (Fsp3) is 0.273. The molecule has 8 nitrogen and oxygen atoms in total. The maximum atomic E-state index is 13.8. The van der Waals surface area contributed by atoms with E-state index in [0.29, 0.717) is 48.5 Å². The van der Waals surface area contributed by atoms with E-state index < -0.39 is 10.0 Å². The molecule has 1 aliphatic rings. The predicted octanol–water partition coefficient (Wildman–Crippen LogP) is 2.30. The Morgan fingerprint density at radius 2 is 1.87 bits per heavy atom. The van der Waals surface area contributed by atoms with Gasteiger partial charge in [-0.1, -0.05) is 12.1 Å². The molecule has 162 valence electrons. The molecular formula is C22H23N3O5S. The molecule has 1 amide bonds. The zero-order chi connectivity index (χ0) is 21.8. The zero-order valence-corrected chi connectivity index (χ0v) is 17.9. The van der Waals surface area contributed by atoms with Gasteiger partial charge in [-0.05, 0) is 36.4 Å². The summed E-state index contributed by atoms with van der Waals surface area (Å²) in [4.78, 5) is 18.8. The molecule has 0 N–H and O–H groups in total. The van der Waals surface area contributed by atoms with E-state index in [2.05, 4.69) is 4.98 Å². The van der Waals surface area contributed by atoms with Crippen molar-refractivity contribution in [2.75, 3.05) is 44.3 Å².